The summed E-state index contributed by atoms with van der Waals surface area (Å²) in [6.07, 6.45) is 0. The van der Waals surface area contributed by atoms with Crippen molar-refractivity contribution in [1.29, 1.82) is 0 Å². The lowest BCUT2D eigenvalue weighted by molar-refractivity contribution is -0.128. The maximum atomic E-state index is 12.6. The van der Waals surface area contributed by atoms with Gasteiger partial charge in [-0.05, 0) is 37.3 Å². The van der Waals surface area contributed by atoms with Crippen LogP contribution in [0.3, 0.4) is 0 Å². The number of hydrogen-bond acceptors (Lipinski definition) is 6. The molecule has 3 rings (SSSR count). The molecular formula is C17H19ClN4O3S3. The number of halogens is 1. The third-order valence-electron chi connectivity index (χ3n) is 4.17. The Kier molecular flexibility index (Phi) is 6.35. The fourth-order valence-electron chi connectivity index (χ4n) is 2.68. The minimum Gasteiger partial charge on any atom is -0.337 e. The third kappa shape index (κ3) is 4.69. The van der Waals surface area contributed by atoms with Crippen LogP contribution in [0.2, 0.25) is 4.34 Å². The molecule has 0 spiro atoms. The molecule has 28 heavy (non-hydrogen) atoms. The van der Waals surface area contributed by atoms with Gasteiger partial charge < -0.3 is 9.47 Å². The van der Waals surface area contributed by atoms with Crippen LogP contribution < -0.4 is 5.14 Å². The second kappa shape index (κ2) is 8.42. The molecule has 11 heteroatoms. The van der Waals surface area contributed by atoms with Crippen LogP contribution >= 0.6 is 34.7 Å². The lowest BCUT2D eigenvalue weighted by atomic mass is 10.3. The van der Waals surface area contributed by atoms with Crippen molar-refractivity contribution < 1.29 is 13.2 Å². The van der Waals surface area contributed by atoms with Gasteiger partial charge in [-0.15, -0.1) is 11.3 Å². The van der Waals surface area contributed by atoms with Crippen molar-refractivity contribution in [2.75, 3.05) is 12.3 Å². The number of rotatable bonds is 7. The van der Waals surface area contributed by atoms with E-state index >= 15 is 0 Å². The molecule has 3 aromatic rings. The SMILES string of the molecule is CCN(Cc1ccc(Cl)s1)C(=O)CSc1nc2cc(S(N)(=O)=O)ccc2n1C. The van der Waals surface area contributed by atoms with Gasteiger partial charge in [0.1, 0.15) is 0 Å². The number of fused-ring (bicyclic) bond motifs is 1. The van der Waals surface area contributed by atoms with E-state index < -0.39 is 10.0 Å². The molecular weight excluding hydrogens is 440 g/mol. The lowest BCUT2D eigenvalue weighted by Crippen LogP contribution is -2.31. The first kappa shape index (κ1) is 21.1. The summed E-state index contributed by atoms with van der Waals surface area (Å²) < 4.78 is 25.6. The number of sulfonamides is 1. The second-order valence-electron chi connectivity index (χ2n) is 6.05. The molecule has 0 bridgehead atoms. The fraction of sp³-hybridized carbons (Fsp3) is 0.294. The van der Waals surface area contributed by atoms with Crippen molar-refractivity contribution in [3.63, 3.8) is 0 Å². The zero-order valence-corrected chi connectivity index (χ0v) is 18.5. The summed E-state index contributed by atoms with van der Waals surface area (Å²) in [6, 6.07) is 8.29. The predicted molar refractivity (Wildman–Crippen MR) is 113 cm³/mol. The first-order valence-corrected chi connectivity index (χ1v) is 12.1. The number of thiophene rings is 1. The predicted octanol–water partition coefficient (Wildman–Crippen LogP) is 3.08. The molecule has 2 aromatic heterocycles. The zero-order chi connectivity index (χ0) is 20.5. The Morgan fingerprint density at radius 2 is 2.11 bits per heavy atom. The van der Waals surface area contributed by atoms with Crippen molar-refractivity contribution in [3.05, 3.63) is 39.5 Å². The Bertz CT molecular complexity index is 1120. The molecule has 0 fully saturated rings. The van der Waals surface area contributed by atoms with Gasteiger partial charge in [-0.3, -0.25) is 4.79 Å². The monoisotopic (exact) mass is 458 g/mol. The van der Waals surface area contributed by atoms with Crippen LogP contribution in [0.1, 0.15) is 11.8 Å². The Hall–Kier alpha value is -1.59. The van der Waals surface area contributed by atoms with Crippen LogP contribution in [0.15, 0.2) is 40.4 Å². The van der Waals surface area contributed by atoms with Gasteiger partial charge >= 0.3 is 0 Å². The highest BCUT2D eigenvalue weighted by molar-refractivity contribution is 7.99. The summed E-state index contributed by atoms with van der Waals surface area (Å²) >= 11 is 8.73. The van der Waals surface area contributed by atoms with E-state index in [-0.39, 0.29) is 16.6 Å². The number of primary sulfonamides is 1. The second-order valence-corrected chi connectivity index (χ2v) is 10.4. The highest BCUT2D eigenvalue weighted by atomic mass is 35.5. The van der Waals surface area contributed by atoms with Crippen LogP contribution in [0.4, 0.5) is 0 Å². The Morgan fingerprint density at radius 1 is 1.36 bits per heavy atom. The van der Waals surface area contributed by atoms with Gasteiger partial charge in [0.05, 0.1) is 32.6 Å². The average molecular weight is 459 g/mol. The van der Waals surface area contributed by atoms with E-state index in [0.29, 0.717) is 28.1 Å². The number of aromatic nitrogens is 2. The van der Waals surface area contributed by atoms with Crippen molar-refractivity contribution in [2.45, 2.75) is 23.5 Å². The van der Waals surface area contributed by atoms with Crippen molar-refractivity contribution in [2.24, 2.45) is 12.2 Å². The molecule has 0 radical (unpaired) electrons. The number of nitrogens with zero attached hydrogens (tertiary/aromatic N) is 3. The molecule has 7 nitrogen and oxygen atoms in total. The minimum absolute atomic E-state index is 0.00527. The summed E-state index contributed by atoms with van der Waals surface area (Å²) in [5.41, 5.74) is 1.28. The first-order valence-electron chi connectivity index (χ1n) is 8.33. The molecule has 0 saturated carbocycles. The molecule has 0 atom stereocenters. The average Bonchev–Trinajstić information content (AvgIpc) is 3.19. The van der Waals surface area contributed by atoms with E-state index in [0.717, 1.165) is 10.4 Å². The smallest absolute Gasteiger partial charge is 0.238 e. The van der Waals surface area contributed by atoms with Crippen molar-refractivity contribution >= 4 is 61.7 Å². The fourth-order valence-corrected chi connectivity index (χ4v) is 5.21. The van der Waals surface area contributed by atoms with Gasteiger partial charge in [0.15, 0.2) is 5.16 Å². The maximum Gasteiger partial charge on any atom is 0.238 e. The molecule has 0 aliphatic carbocycles. The molecule has 0 aliphatic heterocycles. The van der Waals surface area contributed by atoms with Gasteiger partial charge in [-0.1, -0.05) is 23.4 Å². The summed E-state index contributed by atoms with van der Waals surface area (Å²) in [5.74, 6) is 0.223. The van der Waals surface area contributed by atoms with E-state index in [9.17, 15) is 13.2 Å². The topological polar surface area (TPSA) is 98.3 Å². The Morgan fingerprint density at radius 3 is 2.71 bits per heavy atom. The van der Waals surface area contributed by atoms with Crippen LogP contribution in [-0.2, 0) is 28.4 Å². The van der Waals surface area contributed by atoms with Crippen molar-refractivity contribution in [3.8, 4) is 0 Å². The number of aryl methyl sites for hydroxylation is 1. The number of carbonyl (C=O) groups is 1. The van der Waals surface area contributed by atoms with Gasteiger partial charge in [-0.2, -0.15) is 0 Å². The van der Waals surface area contributed by atoms with Gasteiger partial charge in [0.2, 0.25) is 15.9 Å². The van der Waals surface area contributed by atoms with Crippen LogP contribution in [0.25, 0.3) is 11.0 Å². The lowest BCUT2D eigenvalue weighted by Gasteiger charge is -2.19. The van der Waals surface area contributed by atoms with E-state index in [1.54, 1.807) is 11.0 Å². The maximum absolute atomic E-state index is 12.6. The largest absolute Gasteiger partial charge is 0.337 e. The Labute approximate surface area is 176 Å². The summed E-state index contributed by atoms with van der Waals surface area (Å²) in [7, 11) is -1.97. The molecule has 2 N–H and O–H groups in total. The quantitative estimate of drug-likeness (QED) is 0.548. The third-order valence-corrected chi connectivity index (χ3v) is 7.32. The molecule has 150 valence electrons. The van der Waals surface area contributed by atoms with Crippen LogP contribution in [0.5, 0.6) is 0 Å². The highest BCUT2D eigenvalue weighted by Crippen LogP contribution is 2.26. The number of hydrogen-bond donors (Lipinski definition) is 1. The molecule has 1 aromatic carbocycles. The molecule has 0 aliphatic rings. The van der Waals surface area contributed by atoms with Crippen LogP contribution in [-0.4, -0.2) is 41.1 Å². The summed E-state index contributed by atoms with van der Waals surface area (Å²) in [6.45, 7) is 3.05. The first-order chi connectivity index (χ1) is 13.2. The molecule has 1 amide bonds. The number of amides is 1. The number of carbonyl (C=O) groups excluding carboxylic acids is 1. The van der Waals surface area contributed by atoms with Crippen LogP contribution in [0, 0.1) is 0 Å². The van der Waals surface area contributed by atoms with E-state index in [4.69, 9.17) is 16.7 Å². The number of thioether (sulfide) groups is 1. The van der Waals surface area contributed by atoms with Gasteiger partial charge in [0, 0.05) is 18.5 Å². The molecule has 2 heterocycles. The van der Waals surface area contributed by atoms with Gasteiger partial charge in [-0.25, -0.2) is 18.5 Å². The standard InChI is InChI=1S/C17H19ClN4O3S3/c1-3-22(9-11-4-7-15(18)27-11)16(23)10-26-17-20-13-8-12(28(19,24)25)5-6-14(13)21(17)2/h4-8H,3,9-10H2,1-2H3,(H2,19,24,25). The highest BCUT2D eigenvalue weighted by Gasteiger charge is 2.17. The summed E-state index contributed by atoms with van der Waals surface area (Å²) in [4.78, 5) is 19.9. The number of nitrogens with two attached hydrogens (primary N) is 1. The van der Waals surface area contributed by atoms with E-state index in [2.05, 4.69) is 4.98 Å². The number of benzene rings is 1. The van der Waals surface area contributed by atoms with E-state index in [1.165, 1.54) is 35.2 Å². The Balaban J connectivity index is 1.73. The number of imidazole rings is 1. The normalized spacial score (nSPS) is 11.9. The van der Waals surface area contributed by atoms with Crippen molar-refractivity contribution in [1.82, 2.24) is 14.5 Å². The summed E-state index contributed by atoms with van der Waals surface area (Å²) in [5, 5.41) is 5.81. The minimum atomic E-state index is -3.79. The molecule has 0 saturated heterocycles. The zero-order valence-electron chi connectivity index (χ0n) is 15.3. The van der Waals surface area contributed by atoms with E-state index in [1.807, 2.05) is 30.7 Å². The molecule has 0 unspecified atom stereocenters. The van der Waals surface area contributed by atoms with Gasteiger partial charge in [0.25, 0.3) is 0 Å².